The molecule has 6 atom stereocenters. The van der Waals surface area contributed by atoms with Crippen LogP contribution in [-0.4, -0.2) is 56.7 Å². The van der Waals surface area contributed by atoms with E-state index < -0.39 is 64.6 Å². The van der Waals surface area contributed by atoms with Crippen molar-refractivity contribution in [2.45, 2.75) is 32.6 Å². The van der Waals surface area contributed by atoms with E-state index in [1.165, 1.54) is 52.3 Å². The topological polar surface area (TPSA) is 159 Å². The molecule has 1 saturated carbocycles. The van der Waals surface area contributed by atoms with E-state index in [1.807, 2.05) is 31.2 Å². The molecule has 57 heavy (non-hydrogen) atoms. The second-order valence-corrected chi connectivity index (χ2v) is 17.2. The van der Waals surface area contributed by atoms with Crippen LogP contribution in [0.5, 0.6) is 11.5 Å². The minimum absolute atomic E-state index is 0.0255. The van der Waals surface area contributed by atoms with Crippen molar-refractivity contribution in [2.24, 2.45) is 36.1 Å². The molecule has 3 aromatic carbocycles. The Morgan fingerprint density at radius 3 is 2.49 bits per heavy atom. The smallest absolute Gasteiger partial charge is 0.335 e. The van der Waals surface area contributed by atoms with Crippen molar-refractivity contribution >= 4 is 85.7 Å². The number of imide groups is 2. The van der Waals surface area contributed by atoms with Crippen LogP contribution in [0, 0.1) is 36.0 Å². The van der Waals surface area contributed by atoms with Gasteiger partial charge in [0, 0.05) is 28.8 Å². The normalized spacial score (nSPS) is 25.5. The van der Waals surface area contributed by atoms with Gasteiger partial charge in [-0.15, -0.1) is 11.3 Å². The first kappa shape index (κ1) is 37.1. The number of aromatic nitrogens is 2. The maximum Gasteiger partial charge on any atom is 0.335 e. The summed E-state index contributed by atoms with van der Waals surface area (Å²) in [6.45, 7) is 3.73. The molecule has 2 saturated heterocycles. The quantitative estimate of drug-likeness (QED) is 0.129. The summed E-state index contributed by atoms with van der Waals surface area (Å²) in [5.41, 5.74) is 1.40. The van der Waals surface area contributed by atoms with Gasteiger partial charge in [0.15, 0.2) is 11.5 Å². The lowest BCUT2D eigenvalue weighted by Crippen LogP contribution is -2.49. The third-order valence-corrected chi connectivity index (χ3v) is 14.3. The number of carboxylic acid groups (broad SMARTS) is 1. The zero-order valence-corrected chi connectivity index (χ0v) is 33.3. The fourth-order valence-corrected chi connectivity index (χ4v) is 11.3. The number of methoxy groups -OCH3 is 1. The molecule has 12 nitrogen and oxygen atoms in total. The summed E-state index contributed by atoms with van der Waals surface area (Å²) in [5, 5.41) is 26.7. The number of aromatic carboxylic acids is 1. The Hall–Kier alpha value is -5.50. The van der Waals surface area contributed by atoms with E-state index >= 15 is 4.79 Å². The van der Waals surface area contributed by atoms with Gasteiger partial charge in [-0.2, -0.15) is 5.10 Å². The number of ether oxygens (including phenoxy) is 1. The van der Waals surface area contributed by atoms with Crippen LogP contribution in [0.4, 0.5) is 11.5 Å². The number of phenolic OH excluding ortho intramolecular Hbond substituents is 1. The van der Waals surface area contributed by atoms with Crippen LogP contribution in [0.2, 0.25) is 10.0 Å². The number of thiophene rings is 1. The summed E-state index contributed by atoms with van der Waals surface area (Å²) in [6, 6.07) is 16.2. The Balaban J connectivity index is 1.17. The molecule has 0 radical (unpaired) electrons. The third-order valence-electron chi connectivity index (χ3n) is 12.4. The molecule has 2 aromatic heterocycles. The summed E-state index contributed by atoms with van der Waals surface area (Å²) < 4.78 is 8.01. The van der Waals surface area contributed by atoms with E-state index in [9.17, 15) is 29.4 Å². The lowest BCUT2D eigenvalue weighted by molar-refractivity contribution is -0.131. The van der Waals surface area contributed by atoms with Gasteiger partial charge in [-0.1, -0.05) is 40.9 Å². The number of carbonyl (C=O) groups excluding carboxylic acids is 4. The molecule has 15 heteroatoms. The molecule has 0 bridgehead atoms. The molecule has 9 rings (SSSR count). The summed E-state index contributed by atoms with van der Waals surface area (Å²) in [5.74, 6) is -7.15. The number of rotatable bonds is 6. The third kappa shape index (κ3) is 5.24. The standard InChI is InChI=1S/C42H34Cl2N4O8S/c1-18-25-15-21(43)8-11-31(25)57-36(18)29-17-32(46(3)45-29)48-38(51)27-16-26-23(34(42(27,2)41(48)55)20-13-28(44)35(49)30(14-20)56-4)9-10-24-33(26)39(52)47(37(24)50)22-7-5-6-19(12-22)40(53)54/h5-9,11-15,17,24,26-27,33-34,49H,10,16H2,1-4H3,(H,53,54). The first-order chi connectivity index (χ1) is 27.1. The number of phenols is 1. The fourth-order valence-electron chi connectivity index (χ4n) is 9.78. The molecular formula is C42H34Cl2N4O8S. The van der Waals surface area contributed by atoms with Crippen molar-refractivity contribution in [3.05, 3.63) is 99.0 Å². The molecule has 5 aromatic rings. The van der Waals surface area contributed by atoms with Gasteiger partial charge in [0.2, 0.25) is 23.6 Å². The maximum absolute atomic E-state index is 15.2. The maximum atomic E-state index is 15.2. The monoisotopic (exact) mass is 824 g/mol. The molecule has 4 aliphatic rings. The van der Waals surface area contributed by atoms with Gasteiger partial charge in [-0.3, -0.25) is 28.8 Å². The van der Waals surface area contributed by atoms with E-state index in [0.29, 0.717) is 21.9 Å². The van der Waals surface area contributed by atoms with E-state index in [2.05, 4.69) is 0 Å². The van der Waals surface area contributed by atoms with Gasteiger partial charge in [0.25, 0.3) is 0 Å². The van der Waals surface area contributed by atoms with Gasteiger partial charge in [0.05, 0.1) is 51.4 Å². The number of benzene rings is 3. The first-order valence-electron chi connectivity index (χ1n) is 18.2. The molecule has 2 aliphatic heterocycles. The van der Waals surface area contributed by atoms with Crippen molar-refractivity contribution in [1.29, 1.82) is 0 Å². The highest BCUT2D eigenvalue weighted by Crippen LogP contribution is 2.64. The average Bonchev–Trinajstić information content (AvgIpc) is 3.85. The van der Waals surface area contributed by atoms with Crippen LogP contribution in [0.3, 0.4) is 0 Å². The molecule has 2 aliphatic carbocycles. The number of aromatic hydroxyl groups is 1. The Bertz CT molecular complexity index is 2690. The number of carboxylic acids is 1. The number of anilines is 2. The van der Waals surface area contributed by atoms with Crippen molar-refractivity contribution in [1.82, 2.24) is 9.78 Å². The van der Waals surface area contributed by atoms with E-state index in [0.717, 1.165) is 25.4 Å². The second kappa shape index (κ2) is 13.0. The predicted octanol–water partition coefficient (Wildman–Crippen LogP) is 7.76. The molecule has 6 unspecified atom stereocenters. The molecular weight excluding hydrogens is 791 g/mol. The summed E-state index contributed by atoms with van der Waals surface area (Å²) in [7, 11) is 3.05. The number of aryl methyl sites for hydroxylation is 2. The van der Waals surface area contributed by atoms with E-state index in [1.54, 1.807) is 32.2 Å². The SMILES string of the molecule is COc1cc(C2C3=CCC4C(=O)N(c5cccc(C(=O)O)c5)C(=O)C4C3CC3C(=O)N(c4cc(-c5sc6ccc(Cl)cc6c5C)nn4C)C(=O)C32C)cc(Cl)c1O. The minimum Gasteiger partial charge on any atom is -0.503 e. The van der Waals surface area contributed by atoms with Crippen LogP contribution < -0.4 is 14.5 Å². The van der Waals surface area contributed by atoms with Gasteiger partial charge >= 0.3 is 5.97 Å². The molecule has 290 valence electrons. The van der Waals surface area contributed by atoms with Crippen molar-refractivity contribution in [2.75, 3.05) is 16.9 Å². The zero-order chi connectivity index (χ0) is 40.4. The Labute approximate surface area is 339 Å². The van der Waals surface area contributed by atoms with Gasteiger partial charge < -0.3 is 14.9 Å². The fraction of sp³-hybridized carbons (Fsp3) is 0.286. The summed E-state index contributed by atoms with van der Waals surface area (Å²) >= 11 is 14.4. The van der Waals surface area contributed by atoms with Gasteiger partial charge in [-0.25, -0.2) is 9.69 Å². The molecule has 4 heterocycles. The van der Waals surface area contributed by atoms with Crippen molar-refractivity contribution in [3.8, 4) is 22.1 Å². The summed E-state index contributed by atoms with van der Waals surface area (Å²) in [4.78, 5) is 73.6. The first-order valence-corrected chi connectivity index (χ1v) is 19.8. The number of halogens is 2. The molecule has 3 fully saturated rings. The van der Waals surface area contributed by atoms with Crippen LogP contribution in [-0.2, 0) is 26.2 Å². The molecule has 0 spiro atoms. The lowest BCUT2D eigenvalue weighted by Gasteiger charge is -2.49. The highest BCUT2D eigenvalue weighted by atomic mass is 35.5. The van der Waals surface area contributed by atoms with E-state index in [-0.39, 0.29) is 46.4 Å². The van der Waals surface area contributed by atoms with Crippen molar-refractivity contribution < 1.29 is 38.9 Å². The van der Waals surface area contributed by atoms with Crippen LogP contribution in [0.1, 0.15) is 47.2 Å². The lowest BCUT2D eigenvalue weighted by atomic mass is 9.51. The zero-order valence-electron chi connectivity index (χ0n) is 30.9. The summed E-state index contributed by atoms with van der Waals surface area (Å²) in [6.07, 6.45) is 2.16. The Morgan fingerprint density at radius 2 is 1.75 bits per heavy atom. The number of hydrogen-bond donors (Lipinski definition) is 2. The number of amides is 4. The van der Waals surface area contributed by atoms with Crippen LogP contribution in [0.25, 0.3) is 20.7 Å². The van der Waals surface area contributed by atoms with Crippen molar-refractivity contribution in [3.63, 3.8) is 0 Å². The largest absolute Gasteiger partial charge is 0.503 e. The average molecular weight is 826 g/mol. The minimum atomic E-state index is -1.41. The van der Waals surface area contributed by atoms with Gasteiger partial charge in [0.1, 0.15) is 11.5 Å². The predicted molar refractivity (Wildman–Crippen MR) is 214 cm³/mol. The highest BCUT2D eigenvalue weighted by Gasteiger charge is 2.68. The number of allylic oxidation sites excluding steroid dienone is 2. The molecule has 4 amide bonds. The number of carbonyl (C=O) groups is 5. The number of fused-ring (bicyclic) bond motifs is 5. The number of nitrogens with zero attached hydrogens (tertiary/aromatic N) is 4. The second-order valence-electron chi connectivity index (χ2n) is 15.3. The van der Waals surface area contributed by atoms with Gasteiger partial charge in [-0.05, 0) is 97.7 Å². The van der Waals surface area contributed by atoms with E-state index in [4.69, 9.17) is 33.0 Å². The number of hydrogen-bond acceptors (Lipinski definition) is 9. The Morgan fingerprint density at radius 1 is 0.982 bits per heavy atom. The van der Waals surface area contributed by atoms with Crippen LogP contribution in [0.15, 0.2) is 72.3 Å². The Kier molecular flexibility index (Phi) is 8.47. The highest BCUT2D eigenvalue weighted by molar-refractivity contribution is 7.22. The molecule has 2 N–H and O–H groups in total. The van der Waals surface area contributed by atoms with Crippen LogP contribution >= 0.6 is 34.5 Å².